The second-order valence-electron chi connectivity index (χ2n) is 3.66. The van der Waals surface area contributed by atoms with E-state index >= 15 is 0 Å². The van der Waals surface area contributed by atoms with Crippen LogP contribution in [-0.2, 0) is 0 Å². The summed E-state index contributed by atoms with van der Waals surface area (Å²) in [6, 6.07) is 6.28. The molecule has 16 heavy (non-hydrogen) atoms. The molecule has 0 unspecified atom stereocenters. The van der Waals surface area contributed by atoms with Gasteiger partial charge in [0.05, 0.1) is 4.47 Å². The van der Waals surface area contributed by atoms with Gasteiger partial charge in [-0.05, 0) is 47.0 Å². The lowest BCUT2D eigenvalue weighted by atomic mass is 10.1. The SMILES string of the molecule is Cc1ccc(C)c(Nc2ncncc2Br)c1. The van der Waals surface area contributed by atoms with E-state index in [0.717, 1.165) is 16.0 Å². The highest BCUT2D eigenvalue weighted by atomic mass is 79.9. The number of hydrogen-bond donors (Lipinski definition) is 1. The normalized spacial score (nSPS) is 10.2. The van der Waals surface area contributed by atoms with E-state index in [0.29, 0.717) is 0 Å². The molecule has 0 atom stereocenters. The number of aryl methyl sites for hydroxylation is 2. The Morgan fingerprint density at radius 3 is 2.81 bits per heavy atom. The van der Waals surface area contributed by atoms with Gasteiger partial charge in [0.15, 0.2) is 0 Å². The number of benzene rings is 1. The molecule has 0 aliphatic heterocycles. The molecule has 0 saturated carbocycles. The lowest BCUT2D eigenvalue weighted by Gasteiger charge is -2.10. The van der Waals surface area contributed by atoms with Crippen LogP contribution >= 0.6 is 15.9 Å². The minimum absolute atomic E-state index is 0.781. The molecular weight excluding hydrogens is 266 g/mol. The summed E-state index contributed by atoms with van der Waals surface area (Å²) < 4.78 is 0.857. The van der Waals surface area contributed by atoms with Gasteiger partial charge in [-0.2, -0.15) is 0 Å². The molecule has 0 saturated heterocycles. The lowest BCUT2D eigenvalue weighted by Crippen LogP contribution is -1.97. The van der Waals surface area contributed by atoms with E-state index in [1.165, 1.54) is 17.5 Å². The first-order valence-corrected chi connectivity index (χ1v) is 5.76. The Bertz CT molecular complexity index is 511. The summed E-state index contributed by atoms with van der Waals surface area (Å²) in [7, 11) is 0. The van der Waals surface area contributed by atoms with Crippen LogP contribution in [0, 0.1) is 13.8 Å². The topological polar surface area (TPSA) is 37.8 Å². The third kappa shape index (κ3) is 2.39. The zero-order valence-corrected chi connectivity index (χ0v) is 10.7. The van der Waals surface area contributed by atoms with Crippen LogP contribution in [0.5, 0.6) is 0 Å². The molecule has 1 aromatic carbocycles. The minimum Gasteiger partial charge on any atom is -0.339 e. The van der Waals surface area contributed by atoms with Gasteiger partial charge < -0.3 is 5.32 Å². The summed E-state index contributed by atoms with van der Waals surface area (Å²) in [4.78, 5) is 8.10. The average Bonchev–Trinajstić information content (AvgIpc) is 2.27. The first-order valence-electron chi connectivity index (χ1n) is 4.96. The van der Waals surface area contributed by atoms with E-state index in [9.17, 15) is 0 Å². The highest BCUT2D eigenvalue weighted by Gasteiger charge is 2.03. The molecule has 0 aliphatic carbocycles. The van der Waals surface area contributed by atoms with Gasteiger partial charge in [-0.25, -0.2) is 9.97 Å². The zero-order valence-electron chi connectivity index (χ0n) is 9.16. The summed E-state index contributed by atoms with van der Waals surface area (Å²) in [5.41, 5.74) is 3.48. The number of rotatable bonds is 2. The molecule has 1 aromatic heterocycles. The van der Waals surface area contributed by atoms with Crippen molar-refractivity contribution < 1.29 is 0 Å². The number of anilines is 2. The quantitative estimate of drug-likeness (QED) is 0.912. The van der Waals surface area contributed by atoms with Crippen molar-refractivity contribution in [2.75, 3.05) is 5.32 Å². The van der Waals surface area contributed by atoms with Crippen molar-refractivity contribution in [2.24, 2.45) is 0 Å². The molecule has 82 valence electrons. The van der Waals surface area contributed by atoms with Crippen molar-refractivity contribution in [3.8, 4) is 0 Å². The van der Waals surface area contributed by atoms with Crippen LogP contribution in [0.25, 0.3) is 0 Å². The second kappa shape index (κ2) is 4.61. The Balaban J connectivity index is 2.34. The third-order valence-corrected chi connectivity index (χ3v) is 2.89. The van der Waals surface area contributed by atoms with Gasteiger partial charge >= 0.3 is 0 Å². The van der Waals surface area contributed by atoms with Crippen molar-refractivity contribution in [1.82, 2.24) is 9.97 Å². The number of aromatic nitrogens is 2. The Morgan fingerprint density at radius 2 is 2.06 bits per heavy atom. The molecule has 2 rings (SSSR count). The molecule has 3 nitrogen and oxygen atoms in total. The molecule has 2 aromatic rings. The van der Waals surface area contributed by atoms with Gasteiger partial charge in [-0.3, -0.25) is 0 Å². The Kier molecular flexibility index (Phi) is 3.19. The van der Waals surface area contributed by atoms with Gasteiger partial charge in [-0.15, -0.1) is 0 Å². The van der Waals surface area contributed by atoms with E-state index in [-0.39, 0.29) is 0 Å². The van der Waals surface area contributed by atoms with Crippen LogP contribution in [0.2, 0.25) is 0 Å². The zero-order chi connectivity index (χ0) is 11.5. The largest absolute Gasteiger partial charge is 0.339 e. The molecule has 0 radical (unpaired) electrons. The van der Waals surface area contributed by atoms with Crippen molar-refractivity contribution >= 4 is 27.4 Å². The van der Waals surface area contributed by atoms with Crippen molar-refractivity contribution in [2.45, 2.75) is 13.8 Å². The molecule has 1 N–H and O–H groups in total. The van der Waals surface area contributed by atoms with E-state index in [2.05, 4.69) is 63.3 Å². The predicted octanol–water partition coefficient (Wildman–Crippen LogP) is 3.60. The number of nitrogens with zero attached hydrogens (tertiary/aromatic N) is 2. The average molecular weight is 278 g/mol. The predicted molar refractivity (Wildman–Crippen MR) is 68.9 cm³/mol. The highest BCUT2D eigenvalue weighted by Crippen LogP contribution is 2.24. The molecule has 1 heterocycles. The fraction of sp³-hybridized carbons (Fsp3) is 0.167. The van der Waals surface area contributed by atoms with Gasteiger partial charge in [0.25, 0.3) is 0 Å². The molecule has 0 bridgehead atoms. The van der Waals surface area contributed by atoms with Crippen LogP contribution < -0.4 is 5.32 Å². The summed E-state index contributed by atoms with van der Waals surface area (Å²) in [6.45, 7) is 4.14. The Hall–Kier alpha value is -1.42. The number of hydrogen-bond acceptors (Lipinski definition) is 3. The molecule has 0 amide bonds. The summed E-state index contributed by atoms with van der Waals surface area (Å²) in [5, 5.41) is 3.28. The van der Waals surface area contributed by atoms with E-state index < -0.39 is 0 Å². The first-order chi connectivity index (χ1) is 7.66. The standard InChI is InChI=1S/C12H12BrN3/c1-8-3-4-9(2)11(5-8)16-12-10(13)6-14-7-15-12/h3-7H,1-2H3,(H,14,15,16). The first kappa shape index (κ1) is 11.1. The maximum atomic E-state index is 4.18. The fourth-order valence-corrected chi connectivity index (χ4v) is 1.72. The van der Waals surface area contributed by atoms with Crippen LogP contribution in [-0.4, -0.2) is 9.97 Å². The van der Waals surface area contributed by atoms with Crippen LogP contribution in [0.3, 0.4) is 0 Å². The Morgan fingerprint density at radius 1 is 1.25 bits per heavy atom. The number of nitrogens with one attached hydrogen (secondary N) is 1. The van der Waals surface area contributed by atoms with Crippen LogP contribution in [0.1, 0.15) is 11.1 Å². The van der Waals surface area contributed by atoms with Gasteiger partial charge in [0.2, 0.25) is 0 Å². The number of halogens is 1. The van der Waals surface area contributed by atoms with Crippen molar-refractivity contribution in [3.05, 3.63) is 46.3 Å². The van der Waals surface area contributed by atoms with Crippen LogP contribution in [0.4, 0.5) is 11.5 Å². The van der Waals surface area contributed by atoms with Gasteiger partial charge in [-0.1, -0.05) is 12.1 Å². The second-order valence-corrected chi connectivity index (χ2v) is 4.52. The molecular formula is C12H12BrN3. The third-order valence-electron chi connectivity index (χ3n) is 2.31. The highest BCUT2D eigenvalue weighted by molar-refractivity contribution is 9.10. The van der Waals surface area contributed by atoms with Gasteiger partial charge in [0, 0.05) is 11.9 Å². The maximum Gasteiger partial charge on any atom is 0.148 e. The molecule has 0 spiro atoms. The van der Waals surface area contributed by atoms with E-state index in [4.69, 9.17) is 0 Å². The smallest absolute Gasteiger partial charge is 0.148 e. The molecule has 4 heteroatoms. The monoisotopic (exact) mass is 277 g/mol. The summed E-state index contributed by atoms with van der Waals surface area (Å²) in [5.74, 6) is 0.781. The van der Waals surface area contributed by atoms with E-state index in [1.54, 1.807) is 6.20 Å². The molecule has 0 fully saturated rings. The molecule has 0 aliphatic rings. The summed E-state index contributed by atoms with van der Waals surface area (Å²) in [6.07, 6.45) is 3.25. The van der Waals surface area contributed by atoms with Crippen LogP contribution in [0.15, 0.2) is 35.2 Å². The maximum absolute atomic E-state index is 4.18. The van der Waals surface area contributed by atoms with Crippen molar-refractivity contribution in [3.63, 3.8) is 0 Å². The fourth-order valence-electron chi connectivity index (χ4n) is 1.40. The summed E-state index contributed by atoms with van der Waals surface area (Å²) >= 11 is 3.41. The minimum atomic E-state index is 0.781. The van der Waals surface area contributed by atoms with Crippen molar-refractivity contribution in [1.29, 1.82) is 0 Å². The van der Waals surface area contributed by atoms with E-state index in [1.807, 2.05) is 0 Å². The lowest BCUT2D eigenvalue weighted by molar-refractivity contribution is 1.15. The Labute approximate surface area is 103 Å². The van der Waals surface area contributed by atoms with Gasteiger partial charge in [0.1, 0.15) is 12.1 Å².